The van der Waals surface area contributed by atoms with Gasteiger partial charge in [-0.15, -0.1) is 6.58 Å². The minimum Gasteiger partial charge on any atom is -0.103 e. The Morgan fingerprint density at radius 2 is 2.00 bits per heavy atom. The van der Waals surface area contributed by atoms with Crippen molar-refractivity contribution >= 4 is 0 Å². The molecule has 2 rings (SSSR count). The second-order valence-electron chi connectivity index (χ2n) is 3.93. The quantitative estimate of drug-likeness (QED) is 0.486. The molecule has 10 heavy (non-hydrogen) atoms. The number of rotatable bonds is 1. The molecule has 0 aromatic carbocycles. The molecule has 0 amide bonds. The molecule has 0 saturated heterocycles. The van der Waals surface area contributed by atoms with Gasteiger partial charge in [0, 0.05) is 0 Å². The monoisotopic (exact) mass is 136 g/mol. The van der Waals surface area contributed by atoms with Crippen LogP contribution in [0.1, 0.15) is 26.2 Å². The van der Waals surface area contributed by atoms with Crippen LogP contribution in [0, 0.1) is 23.7 Å². The van der Waals surface area contributed by atoms with E-state index in [4.69, 9.17) is 0 Å². The van der Waals surface area contributed by atoms with Crippen molar-refractivity contribution in [2.24, 2.45) is 23.7 Å². The van der Waals surface area contributed by atoms with Crippen molar-refractivity contribution in [3.8, 4) is 0 Å². The molecule has 0 N–H and O–H groups in total. The van der Waals surface area contributed by atoms with Crippen molar-refractivity contribution in [1.82, 2.24) is 0 Å². The Kier molecular flexibility index (Phi) is 1.36. The first-order chi connectivity index (χ1) is 4.84. The second kappa shape index (κ2) is 2.11. The summed E-state index contributed by atoms with van der Waals surface area (Å²) in [5.41, 5.74) is 0. The molecule has 56 valence electrons. The molecule has 0 aromatic heterocycles. The highest BCUT2D eigenvalue weighted by molar-refractivity contribution is 5.04. The van der Waals surface area contributed by atoms with Gasteiger partial charge in [-0.25, -0.2) is 0 Å². The fourth-order valence-corrected chi connectivity index (χ4v) is 3.07. The lowest BCUT2D eigenvalue weighted by atomic mass is 9.59. The van der Waals surface area contributed by atoms with Crippen LogP contribution < -0.4 is 0 Å². The first-order valence-electron chi connectivity index (χ1n) is 4.47. The van der Waals surface area contributed by atoms with Crippen LogP contribution in [-0.4, -0.2) is 0 Å². The van der Waals surface area contributed by atoms with Crippen LogP contribution in [0.15, 0.2) is 12.7 Å². The van der Waals surface area contributed by atoms with Gasteiger partial charge in [0.05, 0.1) is 0 Å². The summed E-state index contributed by atoms with van der Waals surface area (Å²) in [4.78, 5) is 0. The average molecular weight is 136 g/mol. The minimum atomic E-state index is 0.868. The summed E-state index contributed by atoms with van der Waals surface area (Å²) in [5, 5.41) is 0. The number of fused-ring (bicyclic) bond motifs is 1. The minimum absolute atomic E-state index is 0.868. The molecule has 2 fully saturated rings. The molecule has 0 heterocycles. The summed E-state index contributed by atoms with van der Waals surface area (Å²) in [6.07, 6.45) is 6.63. The molecule has 2 aliphatic rings. The van der Waals surface area contributed by atoms with E-state index in [1.807, 2.05) is 0 Å². The van der Waals surface area contributed by atoms with E-state index in [1.54, 1.807) is 0 Å². The standard InChI is InChI=1S/C10H16/c1-3-8-7(2)9-5-4-6-10(8)9/h3,7-10H,1,4-6H2,2H3. The van der Waals surface area contributed by atoms with Gasteiger partial charge in [0.25, 0.3) is 0 Å². The van der Waals surface area contributed by atoms with Crippen LogP contribution in [0.25, 0.3) is 0 Å². The van der Waals surface area contributed by atoms with Crippen LogP contribution in [0.4, 0.5) is 0 Å². The normalized spacial score (nSPS) is 51.7. The third-order valence-electron chi connectivity index (χ3n) is 3.67. The Morgan fingerprint density at radius 3 is 2.70 bits per heavy atom. The van der Waals surface area contributed by atoms with Gasteiger partial charge in [-0.1, -0.05) is 19.4 Å². The van der Waals surface area contributed by atoms with E-state index < -0.39 is 0 Å². The Hall–Kier alpha value is -0.260. The first-order valence-corrected chi connectivity index (χ1v) is 4.47. The summed E-state index contributed by atoms with van der Waals surface area (Å²) >= 11 is 0. The van der Waals surface area contributed by atoms with E-state index in [0.29, 0.717) is 0 Å². The maximum Gasteiger partial charge on any atom is -0.0177 e. The molecule has 0 radical (unpaired) electrons. The number of hydrogen-bond donors (Lipinski definition) is 0. The van der Waals surface area contributed by atoms with E-state index in [-0.39, 0.29) is 0 Å². The van der Waals surface area contributed by atoms with Gasteiger partial charge in [-0.2, -0.15) is 0 Å². The van der Waals surface area contributed by atoms with E-state index in [9.17, 15) is 0 Å². The van der Waals surface area contributed by atoms with Gasteiger partial charge >= 0.3 is 0 Å². The van der Waals surface area contributed by atoms with Crippen LogP contribution in [-0.2, 0) is 0 Å². The lowest BCUT2D eigenvalue weighted by molar-refractivity contribution is 0.0523. The smallest absolute Gasteiger partial charge is 0.0177 e. The molecule has 2 aliphatic carbocycles. The summed E-state index contributed by atoms with van der Waals surface area (Å²) in [6.45, 7) is 6.28. The molecule has 0 aromatic rings. The lowest BCUT2D eigenvalue weighted by Crippen LogP contribution is -2.40. The number of allylic oxidation sites excluding steroid dienone is 1. The maximum absolute atomic E-state index is 3.89. The maximum atomic E-state index is 3.89. The van der Waals surface area contributed by atoms with Gasteiger partial charge in [-0.3, -0.25) is 0 Å². The summed E-state index contributed by atoms with van der Waals surface area (Å²) in [6, 6.07) is 0. The van der Waals surface area contributed by atoms with Gasteiger partial charge in [0.1, 0.15) is 0 Å². The molecular formula is C10H16. The molecule has 2 saturated carbocycles. The Bertz CT molecular complexity index is 148. The summed E-state index contributed by atoms with van der Waals surface area (Å²) < 4.78 is 0. The molecule has 0 spiro atoms. The van der Waals surface area contributed by atoms with Crippen molar-refractivity contribution < 1.29 is 0 Å². The second-order valence-corrected chi connectivity index (χ2v) is 3.93. The fourth-order valence-electron chi connectivity index (χ4n) is 3.07. The highest BCUT2D eigenvalue weighted by atomic mass is 14.5. The Balaban J connectivity index is 2.07. The largest absolute Gasteiger partial charge is 0.103 e. The summed E-state index contributed by atoms with van der Waals surface area (Å²) in [7, 11) is 0. The van der Waals surface area contributed by atoms with Gasteiger partial charge < -0.3 is 0 Å². The SMILES string of the molecule is C=CC1C(C)C2CCCC12. The third kappa shape index (κ3) is 0.624. The lowest BCUT2D eigenvalue weighted by Gasteiger charge is -2.46. The van der Waals surface area contributed by atoms with Crippen LogP contribution in [0.3, 0.4) is 0 Å². The van der Waals surface area contributed by atoms with E-state index in [1.165, 1.54) is 19.3 Å². The molecule has 0 nitrogen and oxygen atoms in total. The van der Waals surface area contributed by atoms with Crippen molar-refractivity contribution in [1.29, 1.82) is 0 Å². The molecule has 4 atom stereocenters. The topological polar surface area (TPSA) is 0 Å². The zero-order valence-electron chi connectivity index (χ0n) is 6.72. The Morgan fingerprint density at radius 1 is 1.30 bits per heavy atom. The van der Waals surface area contributed by atoms with Crippen LogP contribution in [0.5, 0.6) is 0 Å². The van der Waals surface area contributed by atoms with Crippen LogP contribution >= 0.6 is 0 Å². The van der Waals surface area contributed by atoms with Gasteiger partial charge in [0.15, 0.2) is 0 Å². The number of hydrogen-bond acceptors (Lipinski definition) is 0. The van der Waals surface area contributed by atoms with E-state index in [2.05, 4.69) is 19.6 Å². The van der Waals surface area contributed by atoms with E-state index in [0.717, 1.165) is 23.7 Å². The Labute approximate surface area is 63.3 Å². The predicted molar refractivity (Wildman–Crippen MR) is 43.7 cm³/mol. The van der Waals surface area contributed by atoms with Crippen LogP contribution in [0.2, 0.25) is 0 Å². The molecule has 0 bridgehead atoms. The highest BCUT2D eigenvalue weighted by Crippen LogP contribution is 2.55. The predicted octanol–water partition coefficient (Wildman–Crippen LogP) is 2.85. The zero-order chi connectivity index (χ0) is 7.14. The first kappa shape index (κ1) is 6.45. The average Bonchev–Trinajstić information content (AvgIpc) is 2.33. The van der Waals surface area contributed by atoms with Crippen molar-refractivity contribution in [2.75, 3.05) is 0 Å². The molecule has 0 heteroatoms. The summed E-state index contributed by atoms with van der Waals surface area (Å²) in [5.74, 6) is 3.92. The van der Waals surface area contributed by atoms with Crippen molar-refractivity contribution in [3.05, 3.63) is 12.7 Å². The van der Waals surface area contributed by atoms with Gasteiger partial charge in [0.2, 0.25) is 0 Å². The third-order valence-corrected chi connectivity index (χ3v) is 3.67. The molecular weight excluding hydrogens is 120 g/mol. The fraction of sp³-hybridized carbons (Fsp3) is 0.800. The zero-order valence-corrected chi connectivity index (χ0v) is 6.72. The van der Waals surface area contributed by atoms with E-state index >= 15 is 0 Å². The van der Waals surface area contributed by atoms with Crippen molar-refractivity contribution in [2.45, 2.75) is 26.2 Å². The highest BCUT2D eigenvalue weighted by Gasteiger charge is 2.47. The van der Waals surface area contributed by atoms with Gasteiger partial charge in [-0.05, 0) is 36.5 Å². The molecule has 0 aliphatic heterocycles. The van der Waals surface area contributed by atoms with Crippen molar-refractivity contribution in [3.63, 3.8) is 0 Å². The molecule has 4 unspecified atom stereocenters.